The molecule has 16 heavy (non-hydrogen) atoms. The maximum atomic E-state index is 8.97. The van der Waals surface area contributed by atoms with Crippen LogP contribution < -0.4 is 0 Å². The Morgan fingerprint density at radius 2 is 2.00 bits per heavy atom. The van der Waals surface area contributed by atoms with Gasteiger partial charge in [-0.05, 0) is 31.7 Å². The zero-order valence-corrected chi connectivity index (χ0v) is 10.2. The highest BCUT2D eigenvalue weighted by atomic mass is 16.2. The second-order valence-corrected chi connectivity index (χ2v) is 4.82. The maximum absolute atomic E-state index is 8.97. The number of rotatable bonds is 3. The summed E-state index contributed by atoms with van der Waals surface area (Å²) in [6.07, 6.45) is 10.6. The zero-order chi connectivity index (χ0) is 11.4. The summed E-state index contributed by atoms with van der Waals surface area (Å²) in [5.41, 5.74) is 2.45. The van der Waals surface area contributed by atoms with Crippen molar-refractivity contribution in [2.24, 2.45) is 0 Å². The molecule has 0 radical (unpaired) electrons. The lowest BCUT2D eigenvalue weighted by Gasteiger charge is -2.17. The summed E-state index contributed by atoms with van der Waals surface area (Å²) in [5.74, 6) is 0. The van der Waals surface area contributed by atoms with Gasteiger partial charge in [-0.25, -0.2) is 0 Å². The van der Waals surface area contributed by atoms with E-state index in [4.69, 9.17) is 5.11 Å². The Morgan fingerprint density at radius 3 is 2.62 bits per heavy atom. The van der Waals surface area contributed by atoms with Crippen LogP contribution in [0, 0.1) is 6.92 Å². The molecule has 90 valence electrons. The monoisotopic (exact) mass is 222 g/mol. The number of aliphatic hydroxyl groups is 1. The fourth-order valence-corrected chi connectivity index (χ4v) is 2.70. The van der Waals surface area contributed by atoms with E-state index in [2.05, 4.69) is 16.7 Å². The van der Waals surface area contributed by atoms with E-state index in [1.54, 1.807) is 0 Å². The van der Waals surface area contributed by atoms with Gasteiger partial charge in [-0.1, -0.05) is 25.7 Å². The van der Waals surface area contributed by atoms with Crippen molar-refractivity contribution < 1.29 is 5.11 Å². The Balaban J connectivity index is 2.12. The van der Waals surface area contributed by atoms with E-state index in [1.807, 2.05) is 6.20 Å². The largest absolute Gasteiger partial charge is 0.396 e. The fraction of sp³-hybridized carbons (Fsp3) is 0.769. The lowest BCUT2D eigenvalue weighted by Crippen LogP contribution is -2.11. The third-order valence-corrected chi connectivity index (χ3v) is 3.70. The van der Waals surface area contributed by atoms with Crippen LogP contribution in [-0.2, 0) is 6.42 Å². The zero-order valence-electron chi connectivity index (χ0n) is 10.2. The summed E-state index contributed by atoms with van der Waals surface area (Å²) in [6, 6.07) is 0.593. The molecule has 0 saturated heterocycles. The molecule has 1 aromatic rings. The molecule has 2 rings (SSSR count). The van der Waals surface area contributed by atoms with Crippen LogP contribution in [0.5, 0.6) is 0 Å². The van der Waals surface area contributed by atoms with Gasteiger partial charge in [-0.2, -0.15) is 5.10 Å². The van der Waals surface area contributed by atoms with Crippen molar-refractivity contribution in [1.82, 2.24) is 9.78 Å². The molecular weight excluding hydrogens is 200 g/mol. The second kappa shape index (κ2) is 5.48. The highest BCUT2D eigenvalue weighted by Crippen LogP contribution is 2.28. The molecule has 1 aliphatic carbocycles. The third-order valence-electron chi connectivity index (χ3n) is 3.70. The molecule has 1 N–H and O–H groups in total. The molecule has 0 unspecified atom stereocenters. The minimum absolute atomic E-state index is 0.219. The molecule has 0 amide bonds. The van der Waals surface area contributed by atoms with Gasteiger partial charge in [0.1, 0.15) is 0 Å². The van der Waals surface area contributed by atoms with Crippen molar-refractivity contribution >= 4 is 0 Å². The first kappa shape index (κ1) is 11.6. The first-order chi connectivity index (χ1) is 7.83. The van der Waals surface area contributed by atoms with Gasteiger partial charge in [0.15, 0.2) is 0 Å². The van der Waals surface area contributed by atoms with E-state index in [0.29, 0.717) is 6.04 Å². The average molecular weight is 222 g/mol. The Labute approximate surface area is 97.5 Å². The SMILES string of the molecule is Cc1c(CCO)cnn1C1CCCCCC1. The highest BCUT2D eigenvalue weighted by molar-refractivity contribution is 5.17. The van der Waals surface area contributed by atoms with E-state index >= 15 is 0 Å². The number of hydrogen-bond acceptors (Lipinski definition) is 2. The summed E-state index contributed by atoms with van der Waals surface area (Å²) in [7, 11) is 0. The van der Waals surface area contributed by atoms with Gasteiger partial charge in [-0.3, -0.25) is 4.68 Å². The first-order valence-electron chi connectivity index (χ1n) is 6.46. The van der Waals surface area contributed by atoms with Crippen molar-refractivity contribution in [2.75, 3.05) is 6.61 Å². The standard InChI is InChI=1S/C13H22N2O/c1-11-12(8-9-16)10-14-15(11)13-6-4-2-3-5-7-13/h10,13,16H,2-9H2,1H3. The van der Waals surface area contributed by atoms with Crippen molar-refractivity contribution in [3.8, 4) is 0 Å². The Morgan fingerprint density at radius 1 is 1.31 bits per heavy atom. The summed E-state index contributed by atoms with van der Waals surface area (Å²) in [6.45, 7) is 2.35. The lowest BCUT2D eigenvalue weighted by molar-refractivity contribution is 0.299. The molecule has 1 fully saturated rings. The highest BCUT2D eigenvalue weighted by Gasteiger charge is 2.17. The summed E-state index contributed by atoms with van der Waals surface area (Å²) >= 11 is 0. The van der Waals surface area contributed by atoms with E-state index in [9.17, 15) is 0 Å². The van der Waals surface area contributed by atoms with Crippen LogP contribution in [0.25, 0.3) is 0 Å². The van der Waals surface area contributed by atoms with Gasteiger partial charge >= 0.3 is 0 Å². The van der Waals surface area contributed by atoms with Gasteiger partial charge in [0, 0.05) is 12.3 Å². The fourth-order valence-electron chi connectivity index (χ4n) is 2.70. The van der Waals surface area contributed by atoms with Gasteiger partial charge in [-0.15, -0.1) is 0 Å². The molecular formula is C13H22N2O. The third kappa shape index (κ3) is 2.46. The smallest absolute Gasteiger partial charge is 0.0525 e. The molecule has 3 nitrogen and oxygen atoms in total. The minimum Gasteiger partial charge on any atom is -0.396 e. The number of aromatic nitrogens is 2. The quantitative estimate of drug-likeness (QED) is 0.798. The first-order valence-corrected chi connectivity index (χ1v) is 6.46. The van der Waals surface area contributed by atoms with Crippen LogP contribution in [0.4, 0.5) is 0 Å². The second-order valence-electron chi connectivity index (χ2n) is 4.82. The predicted octanol–water partition coefficient (Wildman–Crippen LogP) is 2.62. The van der Waals surface area contributed by atoms with Crippen molar-refractivity contribution in [2.45, 2.75) is 57.9 Å². The topological polar surface area (TPSA) is 38.1 Å². The number of aliphatic hydroxyl groups excluding tert-OH is 1. The predicted molar refractivity (Wildman–Crippen MR) is 64.5 cm³/mol. The molecule has 1 aliphatic rings. The lowest BCUT2D eigenvalue weighted by atomic mass is 10.1. The van der Waals surface area contributed by atoms with E-state index in [0.717, 1.165) is 6.42 Å². The van der Waals surface area contributed by atoms with Crippen LogP contribution in [-0.4, -0.2) is 21.5 Å². The summed E-state index contributed by atoms with van der Waals surface area (Å²) in [4.78, 5) is 0. The molecule has 1 aromatic heterocycles. The molecule has 1 saturated carbocycles. The maximum Gasteiger partial charge on any atom is 0.0525 e. The van der Waals surface area contributed by atoms with Crippen molar-refractivity contribution in [3.05, 3.63) is 17.5 Å². The molecule has 0 bridgehead atoms. The van der Waals surface area contributed by atoms with Gasteiger partial charge < -0.3 is 5.11 Å². The molecule has 1 heterocycles. The number of hydrogen-bond donors (Lipinski definition) is 1. The van der Waals surface area contributed by atoms with Gasteiger partial charge in [0.2, 0.25) is 0 Å². The molecule has 3 heteroatoms. The average Bonchev–Trinajstić information content (AvgIpc) is 2.55. The van der Waals surface area contributed by atoms with E-state index in [-0.39, 0.29) is 6.61 Å². The van der Waals surface area contributed by atoms with Gasteiger partial charge in [0.05, 0.1) is 12.2 Å². The molecule has 0 spiro atoms. The molecule has 0 aliphatic heterocycles. The summed E-state index contributed by atoms with van der Waals surface area (Å²) in [5, 5.41) is 13.5. The van der Waals surface area contributed by atoms with Crippen LogP contribution in [0.2, 0.25) is 0 Å². The molecule has 0 atom stereocenters. The van der Waals surface area contributed by atoms with Crippen LogP contribution in [0.3, 0.4) is 0 Å². The van der Waals surface area contributed by atoms with Crippen LogP contribution in [0.15, 0.2) is 6.20 Å². The normalized spacial score (nSPS) is 18.6. The van der Waals surface area contributed by atoms with E-state index < -0.39 is 0 Å². The Hall–Kier alpha value is -0.830. The van der Waals surface area contributed by atoms with Crippen LogP contribution in [0.1, 0.15) is 55.8 Å². The minimum atomic E-state index is 0.219. The van der Waals surface area contributed by atoms with Crippen LogP contribution >= 0.6 is 0 Å². The van der Waals surface area contributed by atoms with Crippen molar-refractivity contribution in [3.63, 3.8) is 0 Å². The number of nitrogens with zero attached hydrogens (tertiary/aromatic N) is 2. The van der Waals surface area contributed by atoms with Gasteiger partial charge in [0.25, 0.3) is 0 Å². The summed E-state index contributed by atoms with van der Waals surface area (Å²) < 4.78 is 2.19. The van der Waals surface area contributed by atoms with Crippen molar-refractivity contribution in [1.29, 1.82) is 0 Å². The van der Waals surface area contributed by atoms with E-state index in [1.165, 1.54) is 49.8 Å². The Kier molecular flexibility index (Phi) is 3.99. The molecule has 0 aromatic carbocycles. The Bertz CT molecular complexity index is 325.